The first-order chi connectivity index (χ1) is 19.0. The predicted molar refractivity (Wildman–Crippen MR) is 141 cm³/mol. The van der Waals surface area contributed by atoms with Crippen LogP contribution in [0.1, 0.15) is 27.4 Å². The maximum atomic E-state index is 13.1. The summed E-state index contributed by atoms with van der Waals surface area (Å²) >= 11 is 0. The van der Waals surface area contributed by atoms with E-state index in [-0.39, 0.29) is 17.2 Å². The van der Waals surface area contributed by atoms with Gasteiger partial charge in [0.25, 0.3) is 5.91 Å². The Morgan fingerprint density at radius 3 is 2.27 bits per heavy atom. The van der Waals surface area contributed by atoms with E-state index >= 15 is 0 Å². The van der Waals surface area contributed by atoms with Gasteiger partial charge >= 0.3 is 6.18 Å². The number of amides is 1. The average Bonchev–Trinajstić information content (AvgIpc) is 3.41. The zero-order valence-corrected chi connectivity index (χ0v) is 21.7. The minimum atomic E-state index is -4.77. The third-order valence-electron chi connectivity index (χ3n) is 6.10. The van der Waals surface area contributed by atoms with Crippen LogP contribution in [0.15, 0.2) is 66.9 Å². The number of alkyl halides is 3. The number of aromatic nitrogens is 2. The van der Waals surface area contributed by atoms with Crippen LogP contribution in [0.3, 0.4) is 0 Å². The molecule has 1 saturated heterocycles. The van der Waals surface area contributed by atoms with Gasteiger partial charge in [0.05, 0.1) is 17.6 Å². The number of rotatable bonds is 7. The van der Waals surface area contributed by atoms with E-state index in [4.69, 9.17) is 5.41 Å². The fourth-order valence-electron chi connectivity index (χ4n) is 3.84. The lowest BCUT2D eigenvalue weighted by molar-refractivity contribution is -0.141. The molecule has 3 N–H and O–H groups in total. The molecular weight excluding hydrogens is 530 g/mol. The number of nitrogens with zero attached hydrogens (tertiary/aromatic N) is 3. The molecule has 0 saturated carbocycles. The first kappa shape index (κ1) is 30.4. The SMILES string of the molecule is CN1CCN(C(=O)C(O)Cc2ccccc2)CC1.N=C(/C=C(\c1ncc(C=O)[nH]1)C(F)(F)F)c1ccc(F)cc1. The Balaban J connectivity index is 0.000000225. The van der Waals surface area contributed by atoms with Crippen LogP contribution >= 0.6 is 0 Å². The number of hydrogen-bond donors (Lipinski definition) is 3. The summed E-state index contributed by atoms with van der Waals surface area (Å²) in [6.07, 6.45) is -3.44. The molecule has 2 aromatic carbocycles. The number of nitrogens with one attached hydrogen (secondary N) is 2. The van der Waals surface area contributed by atoms with E-state index in [1.165, 1.54) is 12.1 Å². The van der Waals surface area contributed by atoms with Crippen LogP contribution in [0.25, 0.3) is 5.57 Å². The van der Waals surface area contributed by atoms with E-state index in [0.29, 0.717) is 31.9 Å². The molecule has 2 heterocycles. The molecule has 8 nitrogen and oxygen atoms in total. The fourth-order valence-corrected chi connectivity index (χ4v) is 3.84. The first-order valence-corrected chi connectivity index (χ1v) is 12.3. The predicted octanol–water partition coefficient (Wildman–Crippen LogP) is 3.74. The number of piperazine rings is 1. The Hall–Kier alpha value is -4.16. The number of H-pyrrole nitrogens is 1. The van der Waals surface area contributed by atoms with Crippen molar-refractivity contribution in [3.8, 4) is 0 Å². The number of halogens is 4. The molecule has 1 aromatic heterocycles. The zero-order chi connectivity index (χ0) is 29.3. The molecule has 0 bridgehead atoms. The van der Waals surface area contributed by atoms with Gasteiger partial charge in [-0.05, 0) is 48.5 Å². The van der Waals surface area contributed by atoms with Crippen molar-refractivity contribution in [2.45, 2.75) is 18.7 Å². The minimum Gasteiger partial charge on any atom is -0.383 e. The third-order valence-corrected chi connectivity index (χ3v) is 6.10. The number of aliphatic hydroxyl groups is 1. The van der Waals surface area contributed by atoms with Crippen LogP contribution in [0.4, 0.5) is 17.6 Å². The Kier molecular flexibility index (Phi) is 10.5. The summed E-state index contributed by atoms with van der Waals surface area (Å²) in [4.78, 5) is 32.2. The second-order valence-electron chi connectivity index (χ2n) is 9.12. The van der Waals surface area contributed by atoms with Gasteiger partial charge in [0.1, 0.15) is 23.3 Å². The molecule has 1 unspecified atom stereocenters. The standard InChI is InChI=1S/C14H9F4N3O.C14H20N2O2/c15-9-3-1-8(2-4-9)12(19)5-11(14(16,17)18)13-20-6-10(7-22)21-13;1-15-7-9-16(10-8-15)14(18)13(17)11-12-5-3-2-4-6-12/h1-7,19H,(H,20,21);2-6,13,17H,7-11H2,1H3/b11-5+,19-12?;. The molecule has 40 heavy (non-hydrogen) atoms. The molecule has 0 spiro atoms. The molecular formula is C28H29F4N5O3. The number of carbonyl (C=O) groups is 2. The average molecular weight is 560 g/mol. The Labute approximate surface area is 228 Å². The highest BCUT2D eigenvalue weighted by molar-refractivity contribution is 6.10. The summed E-state index contributed by atoms with van der Waals surface area (Å²) in [7, 11) is 2.04. The number of aromatic amines is 1. The summed E-state index contributed by atoms with van der Waals surface area (Å²) in [6, 6.07) is 14.1. The summed E-state index contributed by atoms with van der Waals surface area (Å²) in [5, 5.41) is 17.7. The van der Waals surface area contributed by atoms with Crippen LogP contribution in [0, 0.1) is 11.2 Å². The highest BCUT2D eigenvalue weighted by Gasteiger charge is 2.37. The van der Waals surface area contributed by atoms with E-state index < -0.39 is 35.2 Å². The largest absolute Gasteiger partial charge is 0.420 e. The van der Waals surface area contributed by atoms with Crippen molar-refractivity contribution < 1.29 is 32.3 Å². The summed E-state index contributed by atoms with van der Waals surface area (Å²) in [5.74, 6) is -1.27. The number of imidazole rings is 1. The number of carbonyl (C=O) groups excluding carboxylic acids is 2. The van der Waals surface area contributed by atoms with Gasteiger partial charge in [-0.1, -0.05) is 30.3 Å². The maximum Gasteiger partial charge on any atom is 0.420 e. The quantitative estimate of drug-likeness (QED) is 0.232. The minimum absolute atomic E-state index is 0.113. The number of allylic oxidation sites excluding steroid dienone is 2. The van der Waals surface area contributed by atoms with Crippen LogP contribution in [-0.4, -0.2) is 88.3 Å². The van der Waals surface area contributed by atoms with Gasteiger partial charge in [0.2, 0.25) is 0 Å². The van der Waals surface area contributed by atoms with Crippen molar-refractivity contribution in [2.75, 3.05) is 33.2 Å². The van der Waals surface area contributed by atoms with Gasteiger partial charge in [-0.3, -0.25) is 9.59 Å². The third kappa shape index (κ3) is 8.68. The molecule has 1 aliphatic rings. The van der Waals surface area contributed by atoms with Gasteiger partial charge in [0, 0.05) is 32.6 Å². The van der Waals surface area contributed by atoms with Crippen LogP contribution in [0.5, 0.6) is 0 Å². The van der Waals surface area contributed by atoms with E-state index in [1.807, 2.05) is 37.4 Å². The van der Waals surface area contributed by atoms with Gasteiger partial charge in [-0.25, -0.2) is 9.37 Å². The second kappa shape index (κ2) is 13.8. The van der Waals surface area contributed by atoms with Gasteiger partial charge in [-0.15, -0.1) is 0 Å². The summed E-state index contributed by atoms with van der Waals surface area (Å²) in [6.45, 7) is 3.18. The highest BCUT2D eigenvalue weighted by Crippen LogP contribution is 2.32. The van der Waals surface area contributed by atoms with Crippen LogP contribution in [-0.2, 0) is 11.2 Å². The maximum absolute atomic E-state index is 13.1. The molecule has 1 atom stereocenters. The van der Waals surface area contributed by atoms with Crippen molar-refractivity contribution in [3.63, 3.8) is 0 Å². The zero-order valence-electron chi connectivity index (χ0n) is 21.7. The molecule has 212 valence electrons. The van der Waals surface area contributed by atoms with Crippen LogP contribution in [0.2, 0.25) is 0 Å². The van der Waals surface area contributed by atoms with Crippen molar-refractivity contribution >= 4 is 23.5 Å². The summed E-state index contributed by atoms with van der Waals surface area (Å²) in [5.41, 5.74) is -0.664. The molecule has 1 fully saturated rings. The van der Waals surface area contributed by atoms with Gasteiger partial charge in [0.15, 0.2) is 6.29 Å². The Morgan fingerprint density at radius 1 is 1.10 bits per heavy atom. The Morgan fingerprint density at radius 2 is 1.73 bits per heavy atom. The molecule has 1 aliphatic heterocycles. The van der Waals surface area contributed by atoms with E-state index in [2.05, 4.69) is 14.9 Å². The van der Waals surface area contributed by atoms with Crippen molar-refractivity contribution in [1.29, 1.82) is 5.41 Å². The van der Waals surface area contributed by atoms with E-state index in [0.717, 1.165) is 37.0 Å². The lowest BCUT2D eigenvalue weighted by Crippen LogP contribution is -2.50. The number of benzene rings is 2. The number of hydrogen-bond acceptors (Lipinski definition) is 6. The highest BCUT2D eigenvalue weighted by atomic mass is 19.4. The molecule has 1 amide bonds. The molecule has 0 radical (unpaired) electrons. The number of aliphatic hydroxyl groups excluding tert-OH is 1. The second-order valence-corrected chi connectivity index (χ2v) is 9.12. The summed E-state index contributed by atoms with van der Waals surface area (Å²) < 4.78 is 52.1. The molecule has 4 rings (SSSR count). The number of aldehydes is 1. The normalized spacial score (nSPS) is 15.2. The molecule has 3 aromatic rings. The Bertz CT molecular complexity index is 1320. The fraction of sp³-hybridized carbons (Fsp3) is 0.286. The first-order valence-electron chi connectivity index (χ1n) is 12.3. The van der Waals surface area contributed by atoms with Crippen LogP contribution < -0.4 is 0 Å². The molecule has 12 heteroatoms. The number of likely N-dealkylation sites (N-methyl/N-ethyl adjacent to an activating group) is 1. The van der Waals surface area contributed by atoms with Gasteiger partial charge < -0.3 is 25.3 Å². The van der Waals surface area contributed by atoms with Gasteiger partial charge in [-0.2, -0.15) is 13.2 Å². The molecule has 0 aliphatic carbocycles. The van der Waals surface area contributed by atoms with Crippen molar-refractivity contribution in [3.05, 3.63) is 95.3 Å². The smallest absolute Gasteiger partial charge is 0.383 e. The monoisotopic (exact) mass is 559 g/mol. The van der Waals surface area contributed by atoms with Crippen molar-refractivity contribution in [1.82, 2.24) is 19.8 Å². The van der Waals surface area contributed by atoms with E-state index in [9.17, 15) is 32.3 Å². The lowest BCUT2D eigenvalue weighted by atomic mass is 10.1. The van der Waals surface area contributed by atoms with E-state index in [1.54, 1.807) is 4.90 Å². The van der Waals surface area contributed by atoms with Crippen molar-refractivity contribution in [2.24, 2.45) is 0 Å². The lowest BCUT2D eigenvalue weighted by Gasteiger charge is -2.33. The topological polar surface area (TPSA) is 113 Å².